The molecule has 270 valence electrons. The minimum absolute atomic E-state index is 0.0667. The molecule has 10 nitrogen and oxygen atoms in total. The average molecular weight is 666 g/mol. The third kappa shape index (κ3) is 21.7. The van der Waals surface area contributed by atoms with E-state index in [2.05, 4.69) is 6.58 Å². The van der Waals surface area contributed by atoms with Crippen molar-refractivity contribution < 1.29 is 43.3 Å². The summed E-state index contributed by atoms with van der Waals surface area (Å²) in [6, 6.07) is 9.72. The number of esters is 3. The molecule has 0 spiro atoms. The van der Waals surface area contributed by atoms with Crippen molar-refractivity contribution in [1.29, 1.82) is 0 Å². The Hall–Kier alpha value is -3.69. The lowest BCUT2D eigenvalue weighted by Crippen LogP contribution is -2.30. The number of carboxylic acids is 1. The summed E-state index contributed by atoms with van der Waals surface area (Å²) in [4.78, 5) is 54.8. The number of hydrogen-bond acceptors (Lipinski definition) is 8. The van der Waals surface area contributed by atoms with Crippen LogP contribution in [0.5, 0.6) is 0 Å². The normalized spacial score (nSPS) is 11.1. The van der Waals surface area contributed by atoms with Crippen LogP contribution in [0.2, 0.25) is 0 Å². The smallest absolute Gasteiger partial charge is 0.333 e. The molecule has 0 saturated carbocycles. The van der Waals surface area contributed by atoms with Crippen LogP contribution in [0, 0.1) is 21.7 Å². The second-order valence-electron chi connectivity index (χ2n) is 13.7. The van der Waals surface area contributed by atoms with Crippen molar-refractivity contribution in [2.45, 2.75) is 122 Å². The summed E-state index contributed by atoms with van der Waals surface area (Å²) in [7, 11) is 0. The van der Waals surface area contributed by atoms with Gasteiger partial charge in [0.2, 0.25) is 5.91 Å². The Bertz CT molecular complexity index is 1090. The van der Waals surface area contributed by atoms with Gasteiger partial charge in [-0.3, -0.25) is 19.2 Å². The van der Waals surface area contributed by atoms with E-state index in [9.17, 15) is 24.0 Å². The van der Waals surface area contributed by atoms with Crippen LogP contribution in [0.15, 0.2) is 42.5 Å². The Balaban J connectivity index is -0.000000577. The van der Waals surface area contributed by atoms with Gasteiger partial charge in [-0.2, -0.15) is 0 Å². The molecule has 0 fully saturated rings. The van der Waals surface area contributed by atoms with Crippen molar-refractivity contribution in [2.75, 3.05) is 13.2 Å². The topological polar surface area (TPSA) is 159 Å². The first kappa shape index (κ1) is 47.7. The van der Waals surface area contributed by atoms with Crippen molar-refractivity contribution in [3.8, 4) is 0 Å². The number of rotatable bonds is 14. The fourth-order valence-electron chi connectivity index (χ4n) is 2.12. The van der Waals surface area contributed by atoms with Crippen molar-refractivity contribution in [3.63, 3.8) is 0 Å². The van der Waals surface area contributed by atoms with Gasteiger partial charge in [-0.25, -0.2) is 4.79 Å². The van der Waals surface area contributed by atoms with Crippen LogP contribution in [-0.4, -0.2) is 48.1 Å². The number of aliphatic carboxylic acids is 1. The minimum atomic E-state index is -0.722. The van der Waals surface area contributed by atoms with E-state index >= 15 is 0 Å². The van der Waals surface area contributed by atoms with Gasteiger partial charge in [-0.05, 0) is 79.7 Å². The molecule has 1 aromatic rings. The van der Waals surface area contributed by atoms with Crippen LogP contribution in [0.4, 0.5) is 0 Å². The average Bonchev–Trinajstić information content (AvgIpc) is 3.02. The van der Waals surface area contributed by atoms with Gasteiger partial charge in [-0.15, -0.1) is 0 Å². The van der Waals surface area contributed by atoms with E-state index in [-0.39, 0.29) is 41.9 Å². The maximum Gasteiger partial charge on any atom is 0.333 e. The van der Waals surface area contributed by atoms with E-state index in [1.165, 1.54) is 0 Å². The number of nitrogens with two attached hydrogens (primary N) is 1. The number of benzene rings is 1. The highest BCUT2D eigenvalue weighted by Crippen LogP contribution is 2.23. The number of carboxylic acid groups (broad SMARTS) is 1. The van der Waals surface area contributed by atoms with Crippen molar-refractivity contribution in [2.24, 2.45) is 27.4 Å². The molecular weight excluding hydrogens is 602 g/mol. The first-order chi connectivity index (χ1) is 21.4. The monoisotopic (exact) mass is 665 g/mol. The van der Waals surface area contributed by atoms with E-state index in [0.29, 0.717) is 25.0 Å². The number of carbonyl (C=O) groups is 5. The van der Waals surface area contributed by atoms with Gasteiger partial charge in [-0.1, -0.05) is 78.5 Å². The zero-order valence-corrected chi connectivity index (χ0v) is 31.3. The second kappa shape index (κ2) is 22.8. The third-order valence-electron chi connectivity index (χ3n) is 8.00. The van der Waals surface area contributed by atoms with E-state index in [1.807, 2.05) is 99.6 Å². The maximum atomic E-state index is 11.6. The fourth-order valence-corrected chi connectivity index (χ4v) is 2.12. The van der Waals surface area contributed by atoms with Crippen molar-refractivity contribution in [3.05, 3.63) is 48.0 Å². The lowest BCUT2D eigenvalue weighted by Gasteiger charge is -2.20. The lowest BCUT2D eigenvalue weighted by atomic mass is 9.90. The Kier molecular flexibility index (Phi) is 23.1. The molecule has 0 aliphatic rings. The zero-order valence-electron chi connectivity index (χ0n) is 31.3. The van der Waals surface area contributed by atoms with Gasteiger partial charge < -0.3 is 25.1 Å². The van der Waals surface area contributed by atoms with Gasteiger partial charge in [0.25, 0.3) is 0 Å². The van der Waals surface area contributed by atoms with Crippen LogP contribution in [0.1, 0.15) is 121 Å². The summed E-state index contributed by atoms with van der Waals surface area (Å²) in [5, 5.41) is 8.44. The molecule has 0 saturated heterocycles. The largest absolute Gasteiger partial charge is 0.481 e. The van der Waals surface area contributed by atoms with Crippen LogP contribution in [-0.2, 0) is 44.8 Å². The first-order valence-corrected chi connectivity index (χ1v) is 16.1. The number of carbonyl (C=O) groups excluding carboxylic acids is 4. The Labute approximate surface area is 283 Å². The molecule has 47 heavy (non-hydrogen) atoms. The van der Waals surface area contributed by atoms with Crippen LogP contribution >= 0.6 is 0 Å². The Morgan fingerprint density at radius 2 is 1.04 bits per heavy atom. The molecule has 0 aromatic heterocycles. The molecule has 1 aromatic carbocycles. The number of hydrogen-bond donors (Lipinski definition) is 2. The number of primary amides is 1. The van der Waals surface area contributed by atoms with E-state index < -0.39 is 22.8 Å². The van der Waals surface area contributed by atoms with Crippen LogP contribution < -0.4 is 5.73 Å². The van der Waals surface area contributed by atoms with Gasteiger partial charge in [0.1, 0.15) is 19.8 Å². The maximum absolute atomic E-state index is 11.6. The SMILES string of the molecule is C=C(C)C(=O)OCCOC(=O)C(C)(C)CC.CCC(C)(C)C(=O)O.CCC(C)(C)C(=O)OCc1ccccc1.CCC(C)(C)C(N)=O. The molecule has 0 atom stereocenters. The van der Waals surface area contributed by atoms with E-state index in [1.54, 1.807) is 20.8 Å². The van der Waals surface area contributed by atoms with Gasteiger partial charge >= 0.3 is 23.9 Å². The summed E-state index contributed by atoms with van der Waals surface area (Å²) in [5.74, 6) is -1.82. The van der Waals surface area contributed by atoms with Crippen molar-refractivity contribution in [1.82, 2.24) is 0 Å². The summed E-state index contributed by atoms with van der Waals surface area (Å²) in [6.45, 7) is 27.8. The molecular formula is C37H63NO9. The minimum Gasteiger partial charge on any atom is -0.481 e. The van der Waals surface area contributed by atoms with E-state index in [4.69, 9.17) is 25.1 Å². The molecule has 0 unspecified atom stereocenters. The predicted octanol–water partition coefficient (Wildman–Crippen LogP) is 7.67. The number of ether oxygens (including phenoxy) is 3. The van der Waals surface area contributed by atoms with Crippen LogP contribution in [0.3, 0.4) is 0 Å². The predicted molar refractivity (Wildman–Crippen MR) is 186 cm³/mol. The van der Waals surface area contributed by atoms with Crippen molar-refractivity contribution >= 4 is 29.8 Å². The van der Waals surface area contributed by atoms with Gasteiger partial charge in [0.05, 0.1) is 16.2 Å². The molecule has 3 N–H and O–H groups in total. The quantitative estimate of drug-likeness (QED) is 0.0880. The summed E-state index contributed by atoms with van der Waals surface area (Å²) in [6.07, 6.45) is 2.99. The molecule has 1 rings (SSSR count). The molecule has 0 aliphatic carbocycles. The highest BCUT2D eigenvalue weighted by atomic mass is 16.6. The highest BCUT2D eigenvalue weighted by molar-refractivity contribution is 5.87. The molecule has 0 aliphatic heterocycles. The highest BCUT2D eigenvalue weighted by Gasteiger charge is 2.28. The van der Waals surface area contributed by atoms with Gasteiger partial charge in [0.15, 0.2) is 0 Å². The summed E-state index contributed by atoms with van der Waals surface area (Å²) >= 11 is 0. The molecule has 0 radical (unpaired) electrons. The second-order valence-corrected chi connectivity index (χ2v) is 13.7. The third-order valence-corrected chi connectivity index (χ3v) is 8.00. The lowest BCUT2D eigenvalue weighted by molar-refractivity contribution is -0.158. The summed E-state index contributed by atoms with van der Waals surface area (Å²) < 4.78 is 15.0. The Morgan fingerprint density at radius 3 is 1.34 bits per heavy atom. The molecule has 1 amide bonds. The van der Waals surface area contributed by atoms with Crippen LogP contribution in [0.25, 0.3) is 0 Å². The van der Waals surface area contributed by atoms with E-state index in [0.717, 1.165) is 18.4 Å². The van der Waals surface area contributed by atoms with Gasteiger partial charge in [0, 0.05) is 11.0 Å². The standard InChI is InChI=1S/C13H18O2.C12H20O4.C6H13NO.C6H12O2/c1-4-13(2,3)12(14)15-10-11-8-6-5-7-9-11;1-6-12(4,5)11(14)16-8-7-15-10(13)9(2)3;2*1-4-6(2,3)5(7)8/h5-9H,4,10H2,1-3H3;2,6-8H2,1,3-5H3;4H2,1-3H3,(H2,7,8);4H2,1-3H3,(H,7,8). The Morgan fingerprint density at radius 1 is 0.660 bits per heavy atom. The summed E-state index contributed by atoms with van der Waals surface area (Å²) in [5.41, 5.74) is 4.67. The molecule has 10 heteroatoms. The molecule has 0 bridgehead atoms. The fraction of sp³-hybridized carbons (Fsp3) is 0.649. The first-order valence-electron chi connectivity index (χ1n) is 16.1. The number of amides is 1. The zero-order chi connectivity index (χ0) is 37.6. The molecule has 0 heterocycles.